The largest absolute Gasteiger partial charge is 0.489 e. The second-order valence-corrected chi connectivity index (χ2v) is 10.6. The first kappa shape index (κ1) is 28.1. The number of H-pyrrole nitrogens is 1. The summed E-state index contributed by atoms with van der Waals surface area (Å²) < 4.78 is 6.05. The number of rotatable bonds is 7. The summed E-state index contributed by atoms with van der Waals surface area (Å²) in [6.07, 6.45) is 0. The zero-order valence-corrected chi connectivity index (χ0v) is 24.1. The van der Waals surface area contributed by atoms with Crippen molar-refractivity contribution in [3.8, 4) is 17.1 Å². The molecule has 4 aromatic carbocycles. The highest BCUT2D eigenvalue weighted by Crippen LogP contribution is 2.31. The molecule has 1 amide bonds. The van der Waals surface area contributed by atoms with E-state index in [2.05, 4.69) is 25.6 Å². The Balaban J connectivity index is 1.19. The van der Waals surface area contributed by atoms with Gasteiger partial charge in [-0.05, 0) is 76.5 Å². The van der Waals surface area contributed by atoms with Crippen molar-refractivity contribution in [1.29, 1.82) is 0 Å². The lowest BCUT2D eigenvalue weighted by molar-refractivity contribution is 0.100. The fraction of sp³-hybridized carbons (Fsp3) is 0.0968. The number of guanidine groups is 1. The predicted molar refractivity (Wildman–Crippen MR) is 165 cm³/mol. The number of amides is 1. The number of aliphatic imine (C=N–C) groups is 1. The minimum absolute atomic E-state index is 0.00285. The molecule has 0 spiro atoms. The number of tetrazole rings is 1. The van der Waals surface area contributed by atoms with Gasteiger partial charge in [0.1, 0.15) is 12.4 Å². The van der Waals surface area contributed by atoms with Crippen LogP contribution in [-0.2, 0) is 6.61 Å². The first-order valence-corrected chi connectivity index (χ1v) is 14.0. The summed E-state index contributed by atoms with van der Waals surface area (Å²) in [5.41, 5.74) is 11.1. The minimum Gasteiger partial charge on any atom is -0.489 e. The summed E-state index contributed by atoms with van der Waals surface area (Å²) in [6.45, 7) is 0.763. The van der Waals surface area contributed by atoms with Crippen molar-refractivity contribution >= 4 is 40.8 Å². The van der Waals surface area contributed by atoms with E-state index in [9.17, 15) is 4.79 Å². The number of ether oxygens (including phenoxy) is 1. The highest BCUT2D eigenvalue weighted by Gasteiger charge is 2.31. The third-order valence-corrected chi connectivity index (χ3v) is 7.35. The van der Waals surface area contributed by atoms with Crippen LogP contribution >= 0.6 is 23.2 Å². The molecule has 0 saturated heterocycles. The number of hydrazone groups is 1. The van der Waals surface area contributed by atoms with E-state index in [1.807, 2.05) is 72.8 Å². The van der Waals surface area contributed by atoms with E-state index in [4.69, 9.17) is 38.8 Å². The molecule has 0 aliphatic carbocycles. The summed E-state index contributed by atoms with van der Waals surface area (Å²) in [4.78, 5) is 16.8. The van der Waals surface area contributed by atoms with Crippen LogP contribution in [0.3, 0.4) is 0 Å². The minimum atomic E-state index is -0.481. The number of aromatic amines is 1. The van der Waals surface area contributed by atoms with Gasteiger partial charge in [0.2, 0.25) is 11.8 Å². The molecule has 0 fully saturated rings. The van der Waals surface area contributed by atoms with E-state index in [0.717, 1.165) is 28.0 Å². The topological polar surface area (TPSA) is 135 Å². The monoisotopic (exact) mass is 610 g/mol. The molecule has 1 unspecified atom stereocenters. The normalized spacial score (nSPS) is 14.9. The molecule has 0 radical (unpaired) electrons. The van der Waals surface area contributed by atoms with Crippen molar-refractivity contribution in [3.63, 3.8) is 0 Å². The van der Waals surface area contributed by atoms with Crippen molar-refractivity contribution in [2.24, 2.45) is 15.8 Å². The lowest BCUT2D eigenvalue weighted by atomic mass is 9.90. The zero-order chi connectivity index (χ0) is 29.8. The third kappa shape index (κ3) is 6.56. The Morgan fingerprint density at radius 2 is 1.67 bits per heavy atom. The van der Waals surface area contributed by atoms with Crippen LogP contribution in [0.15, 0.2) is 107 Å². The number of carbonyl (C=O) groups excluding carboxylic acids is 1. The van der Waals surface area contributed by atoms with Crippen molar-refractivity contribution in [2.45, 2.75) is 12.5 Å². The van der Waals surface area contributed by atoms with Gasteiger partial charge in [0.05, 0.1) is 12.3 Å². The van der Waals surface area contributed by atoms with E-state index in [0.29, 0.717) is 40.3 Å². The summed E-state index contributed by atoms with van der Waals surface area (Å²) in [5.74, 6) is 0.599. The maximum absolute atomic E-state index is 12.7. The Morgan fingerprint density at radius 1 is 0.953 bits per heavy atom. The van der Waals surface area contributed by atoms with Crippen molar-refractivity contribution in [3.05, 3.63) is 129 Å². The molecule has 0 bridgehead atoms. The summed E-state index contributed by atoms with van der Waals surface area (Å²) >= 11 is 12.1. The molecular weight excluding hydrogens is 587 g/mol. The van der Waals surface area contributed by atoms with Crippen LogP contribution in [0.25, 0.3) is 11.4 Å². The first-order valence-electron chi connectivity index (χ1n) is 13.2. The van der Waals surface area contributed by atoms with Crippen molar-refractivity contribution in [1.82, 2.24) is 25.6 Å². The number of nitrogens with zero attached hydrogens (tertiary/aromatic N) is 6. The Kier molecular flexibility index (Phi) is 8.12. The predicted octanol–water partition coefficient (Wildman–Crippen LogP) is 5.71. The molecule has 0 saturated carbocycles. The quantitative estimate of drug-likeness (QED) is 0.178. The Labute approximate surface area is 256 Å². The Morgan fingerprint density at radius 3 is 2.37 bits per heavy atom. The number of carbonyl (C=O) groups is 1. The average molecular weight is 611 g/mol. The Bertz CT molecular complexity index is 1790. The first-order chi connectivity index (χ1) is 20.9. The molecule has 1 aromatic heterocycles. The number of benzene rings is 4. The van der Waals surface area contributed by atoms with Gasteiger partial charge in [0.25, 0.3) is 5.91 Å². The van der Waals surface area contributed by atoms with Crippen LogP contribution in [-0.4, -0.2) is 49.8 Å². The van der Waals surface area contributed by atoms with Gasteiger partial charge in [-0.2, -0.15) is 15.3 Å². The molecular formula is C31H24Cl2N8O2. The van der Waals surface area contributed by atoms with Gasteiger partial charge in [-0.15, -0.1) is 10.2 Å². The van der Waals surface area contributed by atoms with Crippen LogP contribution in [0.2, 0.25) is 10.0 Å². The molecule has 10 nitrogen and oxygen atoms in total. The number of halogens is 2. The second kappa shape index (κ2) is 12.4. The second-order valence-electron chi connectivity index (χ2n) is 9.70. The molecule has 1 aliphatic heterocycles. The van der Waals surface area contributed by atoms with E-state index in [1.165, 1.54) is 0 Å². The molecule has 3 N–H and O–H groups in total. The number of nitrogens with one attached hydrogen (secondary N) is 1. The van der Waals surface area contributed by atoms with E-state index in [1.54, 1.807) is 29.3 Å². The molecule has 214 valence electrons. The number of nitrogens with two attached hydrogens (primary N) is 1. The number of hydrogen-bond acceptors (Lipinski definition) is 6. The standard InChI is InChI=1S/C31H24Cl2N8O2/c32-24-10-4-21(5-11-24)28-27(17-41(38-28)31(34)35-30(42)22-6-12-25(33)13-7-22)20-8-14-26(15-9-20)43-18-19-2-1-3-23(16-19)29-36-39-40-37-29/h1-16,27H,17-18H2,(H2,34,35,42)(H,36,37,39,40). The third-order valence-electron chi connectivity index (χ3n) is 6.84. The van der Waals surface area contributed by atoms with Gasteiger partial charge in [-0.25, -0.2) is 5.01 Å². The summed E-state index contributed by atoms with van der Waals surface area (Å²) in [7, 11) is 0. The lowest BCUT2D eigenvalue weighted by Gasteiger charge is -2.16. The summed E-state index contributed by atoms with van der Waals surface area (Å²) in [5, 5.41) is 21.6. The van der Waals surface area contributed by atoms with Crippen LogP contribution in [0, 0.1) is 0 Å². The highest BCUT2D eigenvalue weighted by molar-refractivity contribution is 6.31. The van der Waals surface area contributed by atoms with Crippen molar-refractivity contribution in [2.75, 3.05) is 6.54 Å². The maximum atomic E-state index is 12.7. The van der Waals surface area contributed by atoms with Gasteiger partial charge < -0.3 is 10.5 Å². The molecule has 6 rings (SSSR count). The molecule has 5 aromatic rings. The SMILES string of the molecule is NC(=NC(=O)c1ccc(Cl)cc1)N1CC(c2ccc(OCc3cccc(-c4nn[nH]n4)c3)cc2)C(c2ccc(Cl)cc2)=N1. The van der Waals surface area contributed by atoms with Crippen LogP contribution in [0.4, 0.5) is 0 Å². The maximum Gasteiger partial charge on any atom is 0.280 e. The van der Waals surface area contributed by atoms with E-state index < -0.39 is 5.91 Å². The van der Waals surface area contributed by atoms with Gasteiger partial charge >= 0.3 is 0 Å². The average Bonchev–Trinajstić information content (AvgIpc) is 3.73. The summed E-state index contributed by atoms with van der Waals surface area (Å²) in [6, 6.07) is 29.5. The van der Waals surface area contributed by atoms with Crippen LogP contribution < -0.4 is 10.5 Å². The molecule has 2 heterocycles. The fourth-order valence-electron chi connectivity index (χ4n) is 4.65. The molecule has 1 atom stereocenters. The van der Waals surface area contributed by atoms with Gasteiger partial charge in [0, 0.05) is 27.1 Å². The number of hydrogen-bond donors (Lipinski definition) is 2. The van der Waals surface area contributed by atoms with Gasteiger partial charge in [0.15, 0.2) is 0 Å². The molecule has 43 heavy (non-hydrogen) atoms. The zero-order valence-electron chi connectivity index (χ0n) is 22.6. The Hall–Kier alpha value is -5.06. The van der Waals surface area contributed by atoms with E-state index >= 15 is 0 Å². The number of aromatic nitrogens is 4. The van der Waals surface area contributed by atoms with Crippen LogP contribution in [0.5, 0.6) is 5.75 Å². The van der Waals surface area contributed by atoms with E-state index in [-0.39, 0.29) is 11.9 Å². The molecule has 1 aliphatic rings. The van der Waals surface area contributed by atoms with Crippen molar-refractivity contribution < 1.29 is 9.53 Å². The smallest absolute Gasteiger partial charge is 0.280 e. The lowest BCUT2D eigenvalue weighted by Crippen LogP contribution is -2.33. The molecule has 12 heteroatoms. The fourth-order valence-corrected chi connectivity index (χ4v) is 4.91. The highest BCUT2D eigenvalue weighted by atomic mass is 35.5. The van der Waals surface area contributed by atoms with Gasteiger partial charge in [-0.3, -0.25) is 4.79 Å². The van der Waals surface area contributed by atoms with Gasteiger partial charge in [-0.1, -0.05) is 65.7 Å². The van der Waals surface area contributed by atoms with Crippen LogP contribution in [0.1, 0.15) is 33.0 Å².